The summed E-state index contributed by atoms with van der Waals surface area (Å²) < 4.78 is 29.3. The van der Waals surface area contributed by atoms with Gasteiger partial charge in [-0.3, -0.25) is 4.79 Å². The zero-order valence-electron chi connectivity index (χ0n) is 17.4. The van der Waals surface area contributed by atoms with Gasteiger partial charge in [0, 0.05) is 13.1 Å². The third-order valence-electron chi connectivity index (χ3n) is 8.29. The average Bonchev–Trinajstić information content (AvgIpc) is 3.05. The molecule has 0 radical (unpaired) electrons. The van der Waals surface area contributed by atoms with E-state index in [2.05, 4.69) is 12.1 Å². The van der Waals surface area contributed by atoms with E-state index in [0.717, 1.165) is 25.0 Å². The molecule has 29 heavy (non-hydrogen) atoms. The number of carbonyl (C=O) groups excluding carboxylic acids is 1. The Kier molecular flexibility index (Phi) is 4.33. The first-order chi connectivity index (χ1) is 13.7. The molecule has 0 N–H and O–H groups in total. The number of amides is 1. The Balaban J connectivity index is 1.45. The summed E-state index contributed by atoms with van der Waals surface area (Å²) in [7, 11) is 0.529. The summed E-state index contributed by atoms with van der Waals surface area (Å²) in [5, 5.41) is 0. The number of carbonyl (C=O) groups is 1. The molecule has 4 bridgehead atoms. The van der Waals surface area contributed by atoms with Gasteiger partial charge in [-0.05, 0) is 79.9 Å². The summed E-state index contributed by atoms with van der Waals surface area (Å²) in [6, 6.07) is 8.31. The van der Waals surface area contributed by atoms with E-state index in [-0.39, 0.29) is 34.3 Å². The van der Waals surface area contributed by atoms with Crippen LogP contribution in [0, 0.1) is 17.3 Å². The fourth-order valence-corrected chi connectivity index (χ4v) is 9.19. The maximum Gasteiger partial charge on any atom is 0.228 e. The number of rotatable bonds is 4. The second-order valence-corrected chi connectivity index (χ2v) is 12.5. The van der Waals surface area contributed by atoms with Crippen molar-refractivity contribution < 1.29 is 17.9 Å². The van der Waals surface area contributed by atoms with Crippen LogP contribution in [-0.2, 0) is 20.0 Å². The molecule has 0 aromatic heterocycles. The number of methoxy groups -OCH3 is 1. The first-order valence-electron chi connectivity index (χ1n) is 10.9. The molecule has 6 rings (SSSR count). The van der Waals surface area contributed by atoms with Crippen molar-refractivity contribution in [2.24, 2.45) is 17.3 Å². The molecule has 6 heteroatoms. The first-order valence-corrected chi connectivity index (χ1v) is 12.7. The van der Waals surface area contributed by atoms with Crippen molar-refractivity contribution in [1.82, 2.24) is 4.90 Å². The molecule has 1 aromatic rings. The van der Waals surface area contributed by atoms with E-state index in [0.29, 0.717) is 18.3 Å². The lowest BCUT2D eigenvalue weighted by Crippen LogP contribution is -2.60. The smallest absolute Gasteiger partial charge is 0.228 e. The summed E-state index contributed by atoms with van der Waals surface area (Å²) in [4.78, 5) is 15.6. The maximum atomic E-state index is 13.8. The number of hydrogen-bond donors (Lipinski definition) is 0. The molecule has 1 heterocycles. The van der Waals surface area contributed by atoms with Gasteiger partial charge in [-0.25, -0.2) is 8.42 Å². The summed E-state index contributed by atoms with van der Waals surface area (Å²) in [6.45, 7) is 0. The van der Waals surface area contributed by atoms with Gasteiger partial charge in [-0.15, -0.1) is 0 Å². The minimum atomic E-state index is -3.00. The molecule has 5 aliphatic rings. The van der Waals surface area contributed by atoms with E-state index in [1.165, 1.54) is 24.8 Å². The molecule has 5 nitrogen and oxygen atoms in total. The van der Waals surface area contributed by atoms with Crippen LogP contribution >= 0.6 is 0 Å². The molecular weight excluding hydrogens is 386 g/mol. The monoisotopic (exact) mass is 417 g/mol. The van der Waals surface area contributed by atoms with Crippen molar-refractivity contribution >= 4 is 15.7 Å². The highest BCUT2D eigenvalue weighted by molar-refractivity contribution is 7.91. The van der Waals surface area contributed by atoms with Crippen molar-refractivity contribution in [2.75, 3.05) is 25.7 Å². The topological polar surface area (TPSA) is 63.7 Å². The minimum Gasteiger partial charge on any atom is -0.497 e. The quantitative estimate of drug-likeness (QED) is 0.755. The van der Waals surface area contributed by atoms with Crippen molar-refractivity contribution in [1.29, 1.82) is 0 Å². The molecule has 3 atom stereocenters. The summed E-state index contributed by atoms with van der Waals surface area (Å²) >= 11 is 0. The normalized spacial score (nSPS) is 39.4. The van der Waals surface area contributed by atoms with Crippen molar-refractivity contribution in [3.05, 3.63) is 29.8 Å². The van der Waals surface area contributed by atoms with E-state index in [1.54, 1.807) is 12.0 Å². The van der Waals surface area contributed by atoms with Crippen LogP contribution in [-0.4, -0.2) is 50.9 Å². The van der Waals surface area contributed by atoms with Crippen molar-refractivity contribution in [3.8, 4) is 5.75 Å². The predicted molar refractivity (Wildman–Crippen MR) is 112 cm³/mol. The highest BCUT2D eigenvalue weighted by atomic mass is 32.2. The Hall–Kier alpha value is -1.56. The number of nitrogens with zero attached hydrogens (tertiary/aromatic N) is 1. The number of hydrogen-bond acceptors (Lipinski definition) is 4. The third kappa shape index (κ3) is 3.09. The number of benzene rings is 1. The second-order valence-electron chi connectivity index (χ2n) is 10.2. The van der Waals surface area contributed by atoms with E-state index in [4.69, 9.17) is 4.74 Å². The van der Waals surface area contributed by atoms with Gasteiger partial charge in [0.15, 0.2) is 9.84 Å². The van der Waals surface area contributed by atoms with E-state index < -0.39 is 9.84 Å². The standard InChI is InChI=1S/C23H31NO4S/c1-24(19-7-8-29(26,27)14-19)21(25)23-12-16-9-17(13-23)11-22(10-16,15-23)18-3-5-20(28-2)6-4-18/h3-6,16-17,19H,7-15H2,1-2H3. The molecule has 4 saturated carbocycles. The zero-order chi connectivity index (χ0) is 20.4. The van der Waals surface area contributed by atoms with Gasteiger partial charge >= 0.3 is 0 Å². The number of sulfone groups is 1. The van der Waals surface area contributed by atoms with Gasteiger partial charge in [-0.1, -0.05) is 12.1 Å². The Morgan fingerprint density at radius 3 is 2.31 bits per heavy atom. The highest BCUT2D eigenvalue weighted by Crippen LogP contribution is 2.66. The lowest BCUT2D eigenvalue weighted by atomic mass is 9.42. The lowest BCUT2D eigenvalue weighted by Gasteiger charge is -2.62. The second kappa shape index (κ2) is 6.47. The summed E-state index contributed by atoms with van der Waals surface area (Å²) in [5.74, 6) is 2.61. The van der Waals surface area contributed by atoms with Gasteiger partial charge in [0.1, 0.15) is 5.75 Å². The van der Waals surface area contributed by atoms with Crippen LogP contribution in [0.3, 0.4) is 0 Å². The molecular formula is C23H31NO4S. The van der Waals surface area contributed by atoms with Gasteiger partial charge in [-0.2, -0.15) is 0 Å². The predicted octanol–water partition coefficient (Wildman–Crippen LogP) is 3.18. The van der Waals surface area contributed by atoms with Gasteiger partial charge in [0.05, 0.1) is 24.0 Å². The number of ether oxygens (including phenoxy) is 1. The molecule has 1 aromatic carbocycles. The maximum absolute atomic E-state index is 13.8. The fraction of sp³-hybridized carbons (Fsp3) is 0.696. The largest absolute Gasteiger partial charge is 0.497 e. The minimum absolute atomic E-state index is 0.0780. The van der Waals surface area contributed by atoms with Gasteiger partial charge in [0.2, 0.25) is 5.91 Å². The summed E-state index contributed by atoms with van der Waals surface area (Å²) in [6.07, 6.45) is 7.03. The Morgan fingerprint density at radius 2 is 1.76 bits per heavy atom. The molecule has 4 aliphatic carbocycles. The van der Waals surface area contributed by atoms with Crippen molar-refractivity contribution in [2.45, 2.75) is 56.4 Å². The van der Waals surface area contributed by atoms with Crippen LogP contribution in [0.5, 0.6) is 5.75 Å². The zero-order valence-corrected chi connectivity index (χ0v) is 18.2. The van der Waals surface area contributed by atoms with E-state index in [9.17, 15) is 13.2 Å². The van der Waals surface area contributed by atoms with Gasteiger partial charge < -0.3 is 9.64 Å². The molecule has 1 aliphatic heterocycles. The highest BCUT2D eigenvalue weighted by Gasteiger charge is 2.61. The Morgan fingerprint density at radius 1 is 1.10 bits per heavy atom. The first kappa shape index (κ1) is 19.4. The van der Waals surface area contributed by atoms with Crippen LogP contribution in [0.4, 0.5) is 0 Å². The van der Waals surface area contributed by atoms with E-state index >= 15 is 0 Å². The Labute approximate surface area is 173 Å². The molecule has 3 unspecified atom stereocenters. The van der Waals surface area contributed by atoms with Gasteiger partial charge in [0.25, 0.3) is 0 Å². The van der Waals surface area contributed by atoms with Crippen LogP contribution < -0.4 is 4.74 Å². The van der Waals surface area contributed by atoms with Crippen LogP contribution in [0.15, 0.2) is 24.3 Å². The van der Waals surface area contributed by atoms with Crippen molar-refractivity contribution in [3.63, 3.8) is 0 Å². The SMILES string of the molecule is COc1ccc(C23CC4CC(CC(C(=O)N(C)C5CCS(=O)(=O)C5)(C4)C2)C3)cc1. The molecule has 0 spiro atoms. The molecule has 5 fully saturated rings. The lowest BCUT2D eigenvalue weighted by molar-refractivity contribution is -0.160. The van der Waals surface area contributed by atoms with Crippen LogP contribution in [0.25, 0.3) is 0 Å². The Bertz CT molecular complexity index is 909. The molecule has 1 amide bonds. The molecule has 1 saturated heterocycles. The van der Waals surface area contributed by atoms with Crippen LogP contribution in [0.1, 0.15) is 50.5 Å². The fourth-order valence-electron chi connectivity index (χ4n) is 7.42. The summed E-state index contributed by atoms with van der Waals surface area (Å²) in [5.41, 5.74) is 1.11. The molecule has 158 valence electrons. The average molecular weight is 418 g/mol. The van der Waals surface area contributed by atoms with E-state index in [1.807, 2.05) is 19.2 Å². The third-order valence-corrected chi connectivity index (χ3v) is 10.0. The van der Waals surface area contributed by atoms with Crippen LogP contribution in [0.2, 0.25) is 0 Å².